The van der Waals surface area contributed by atoms with Crippen molar-refractivity contribution >= 4 is 10.2 Å². The third kappa shape index (κ3) is 6.42. The van der Waals surface area contributed by atoms with Gasteiger partial charge in [0.2, 0.25) is 0 Å². The monoisotopic (exact) mass is 262 g/mol. The smallest absolute Gasteiger partial charge is 0.299 e. The highest BCUT2D eigenvalue weighted by molar-refractivity contribution is 7.87. The minimum absolute atomic E-state index is 0.299. The molecule has 0 unspecified atom stereocenters. The molecule has 2 N–H and O–H groups in total. The number of nitrogens with one attached hydrogen (secondary N) is 2. The molecule has 6 nitrogen and oxygen atoms in total. The van der Waals surface area contributed by atoms with Gasteiger partial charge in [-0.1, -0.05) is 11.8 Å². The molecule has 0 spiro atoms. The summed E-state index contributed by atoms with van der Waals surface area (Å²) in [6.45, 7) is 2.57. The molecule has 0 saturated carbocycles. The zero-order valence-corrected chi connectivity index (χ0v) is 10.6. The van der Waals surface area contributed by atoms with E-state index < -0.39 is 10.2 Å². The maximum atomic E-state index is 11.2. The molecule has 1 heterocycles. The molecule has 0 bridgehead atoms. The Morgan fingerprint density at radius 1 is 1.47 bits per heavy atom. The SMILES string of the molecule is CCCNS(=O)(=O)NOCCCc1ccco1. The van der Waals surface area contributed by atoms with Crippen LogP contribution in [-0.4, -0.2) is 21.6 Å². The molecule has 0 atom stereocenters. The fourth-order valence-corrected chi connectivity index (χ4v) is 1.93. The van der Waals surface area contributed by atoms with Gasteiger partial charge in [0, 0.05) is 13.0 Å². The minimum atomic E-state index is -3.52. The van der Waals surface area contributed by atoms with E-state index in [1.165, 1.54) is 0 Å². The molecule has 0 radical (unpaired) electrons. The Morgan fingerprint density at radius 3 is 2.94 bits per heavy atom. The summed E-state index contributed by atoms with van der Waals surface area (Å²) < 4.78 is 29.9. The van der Waals surface area contributed by atoms with Crippen LogP contribution in [0.5, 0.6) is 0 Å². The molecule has 7 heteroatoms. The van der Waals surface area contributed by atoms with Crippen molar-refractivity contribution in [2.45, 2.75) is 26.2 Å². The van der Waals surface area contributed by atoms with Crippen molar-refractivity contribution in [3.05, 3.63) is 24.2 Å². The Bertz CT molecular complexity index is 388. The number of furan rings is 1. The van der Waals surface area contributed by atoms with Crippen molar-refractivity contribution in [3.63, 3.8) is 0 Å². The van der Waals surface area contributed by atoms with E-state index in [4.69, 9.17) is 9.25 Å². The van der Waals surface area contributed by atoms with Gasteiger partial charge in [-0.05, 0) is 25.0 Å². The van der Waals surface area contributed by atoms with Gasteiger partial charge in [-0.25, -0.2) is 4.72 Å². The predicted octanol–water partition coefficient (Wildman–Crippen LogP) is 0.978. The van der Waals surface area contributed by atoms with Crippen LogP contribution < -0.4 is 9.61 Å². The minimum Gasteiger partial charge on any atom is -0.469 e. The van der Waals surface area contributed by atoms with Gasteiger partial charge < -0.3 is 4.42 Å². The average molecular weight is 262 g/mol. The second kappa shape index (κ2) is 7.44. The highest BCUT2D eigenvalue weighted by Gasteiger charge is 2.07. The van der Waals surface area contributed by atoms with E-state index in [2.05, 4.69) is 4.72 Å². The summed E-state index contributed by atoms with van der Waals surface area (Å²) in [7, 11) is -3.52. The highest BCUT2D eigenvalue weighted by Crippen LogP contribution is 2.03. The average Bonchev–Trinajstić information content (AvgIpc) is 2.79. The van der Waals surface area contributed by atoms with E-state index in [9.17, 15) is 8.42 Å². The summed E-state index contributed by atoms with van der Waals surface area (Å²) in [4.78, 5) is 6.86. The largest absolute Gasteiger partial charge is 0.469 e. The fraction of sp³-hybridized carbons (Fsp3) is 0.600. The molecule has 0 amide bonds. The first-order chi connectivity index (χ1) is 8.14. The second-order valence-electron chi connectivity index (χ2n) is 3.51. The summed E-state index contributed by atoms with van der Waals surface area (Å²) in [5.74, 6) is 0.862. The van der Waals surface area contributed by atoms with E-state index in [0.29, 0.717) is 19.6 Å². The Labute approximate surface area is 101 Å². The number of hydrogen-bond donors (Lipinski definition) is 2. The lowest BCUT2D eigenvalue weighted by Crippen LogP contribution is -2.37. The number of hydrogen-bond acceptors (Lipinski definition) is 4. The van der Waals surface area contributed by atoms with Crippen LogP contribution in [0.4, 0.5) is 0 Å². The lowest BCUT2D eigenvalue weighted by Gasteiger charge is -2.07. The molecule has 0 aliphatic carbocycles. The van der Waals surface area contributed by atoms with Gasteiger partial charge in [0.05, 0.1) is 12.9 Å². The van der Waals surface area contributed by atoms with Gasteiger partial charge in [0.15, 0.2) is 0 Å². The molecule has 17 heavy (non-hydrogen) atoms. The molecule has 0 fully saturated rings. The van der Waals surface area contributed by atoms with E-state index in [1.54, 1.807) is 6.26 Å². The second-order valence-corrected chi connectivity index (χ2v) is 4.97. The Hall–Kier alpha value is -0.890. The Balaban J connectivity index is 2.07. The normalized spacial score (nSPS) is 11.8. The summed E-state index contributed by atoms with van der Waals surface area (Å²) in [5.41, 5.74) is 0. The van der Waals surface area contributed by atoms with E-state index in [1.807, 2.05) is 23.9 Å². The first-order valence-electron chi connectivity index (χ1n) is 5.54. The standard InChI is InChI=1S/C10H18N2O4S/c1-2-7-11-17(13,14)12-16-9-4-6-10-5-3-8-15-10/h3,5,8,11-12H,2,4,6-7,9H2,1H3. The van der Waals surface area contributed by atoms with Crippen molar-refractivity contribution in [1.29, 1.82) is 0 Å². The van der Waals surface area contributed by atoms with Crippen LogP contribution in [0, 0.1) is 0 Å². The molecule has 0 saturated heterocycles. The van der Waals surface area contributed by atoms with Gasteiger partial charge in [0.1, 0.15) is 5.76 Å². The molecular formula is C10H18N2O4S. The lowest BCUT2D eigenvalue weighted by atomic mass is 10.3. The van der Waals surface area contributed by atoms with Crippen molar-refractivity contribution in [2.75, 3.05) is 13.2 Å². The van der Waals surface area contributed by atoms with E-state index >= 15 is 0 Å². The van der Waals surface area contributed by atoms with Crippen LogP contribution in [0.15, 0.2) is 22.8 Å². The first-order valence-corrected chi connectivity index (χ1v) is 7.03. The molecule has 1 aromatic heterocycles. The maximum Gasteiger partial charge on any atom is 0.299 e. The zero-order chi connectivity index (χ0) is 12.6. The molecule has 1 rings (SSSR count). The van der Waals surface area contributed by atoms with Crippen molar-refractivity contribution in [1.82, 2.24) is 9.61 Å². The van der Waals surface area contributed by atoms with Crippen molar-refractivity contribution in [3.8, 4) is 0 Å². The predicted molar refractivity (Wildman–Crippen MR) is 63.3 cm³/mol. The van der Waals surface area contributed by atoms with Crippen LogP contribution in [0.2, 0.25) is 0 Å². The van der Waals surface area contributed by atoms with Crippen LogP contribution in [0.25, 0.3) is 0 Å². The molecule has 98 valence electrons. The van der Waals surface area contributed by atoms with Crippen LogP contribution >= 0.6 is 0 Å². The molecular weight excluding hydrogens is 244 g/mol. The van der Waals surface area contributed by atoms with Crippen LogP contribution in [-0.2, 0) is 21.5 Å². The third-order valence-electron chi connectivity index (χ3n) is 1.96. The van der Waals surface area contributed by atoms with Gasteiger partial charge in [-0.3, -0.25) is 4.84 Å². The van der Waals surface area contributed by atoms with E-state index in [-0.39, 0.29) is 0 Å². The topological polar surface area (TPSA) is 80.6 Å². The Kier molecular flexibility index (Phi) is 6.20. The third-order valence-corrected chi connectivity index (χ3v) is 2.88. The molecule has 0 aromatic carbocycles. The number of rotatable bonds is 9. The van der Waals surface area contributed by atoms with Crippen LogP contribution in [0.3, 0.4) is 0 Å². The fourth-order valence-electron chi connectivity index (χ4n) is 1.16. The van der Waals surface area contributed by atoms with E-state index in [0.717, 1.165) is 18.6 Å². The summed E-state index contributed by atoms with van der Waals surface area (Å²) in [6.07, 6.45) is 3.74. The zero-order valence-electron chi connectivity index (χ0n) is 9.81. The van der Waals surface area contributed by atoms with Gasteiger partial charge in [-0.15, -0.1) is 0 Å². The van der Waals surface area contributed by atoms with Gasteiger partial charge in [0.25, 0.3) is 10.2 Å². The van der Waals surface area contributed by atoms with Gasteiger partial charge in [-0.2, -0.15) is 8.42 Å². The number of aryl methyl sites for hydroxylation is 1. The lowest BCUT2D eigenvalue weighted by molar-refractivity contribution is 0.0896. The first kappa shape index (κ1) is 14.2. The van der Waals surface area contributed by atoms with Crippen LogP contribution in [0.1, 0.15) is 25.5 Å². The summed E-state index contributed by atoms with van der Waals surface area (Å²) >= 11 is 0. The summed E-state index contributed by atoms with van der Waals surface area (Å²) in [5, 5.41) is 0. The van der Waals surface area contributed by atoms with Crippen molar-refractivity contribution in [2.24, 2.45) is 0 Å². The maximum absolute atomic E-state index is 11.2. The highest BCUT2D eigenvalue weighted by atomic mass is 32.2. The molecule has 0 aliphatic heterocycles. The quantitative estimate of drug-likeness (QED) is 0.513. The van der Waals surface area contributed by atoms with Gasteiger partial charge >= 0.3 is 0 Å². The molecule has 0 aliphatic rings. The molecule has 1 aromatic rings. The Morgan fingerprint density at radius 2 is 2.29 bits per heavy atom. The summed E-state index contributed by atoms with van der Waals surface area (Å²) in [6, 6.07) is 3.68. The van der Waals surface area contributed by atoms with Crippen molar-refractivity contribution < 1.29 is 17.7 Å².